The van der Waals surface area contributed by atoms with Gasteiger partial charge in [-0.25, -0.2) is 9.97 Å². The quantitative estimate of drug-likeness (QED) is 0.183. The molecule has 0 radical (unpaired) electrons. The van der Waals surface area contributed by atoms with E-state index in [1.54, 1.807) is 6.07 Å². The zero-order valence-corrected chi connectivity index (χ0v) is 19.2. The predicted octanol–water partition coefficient (Wildman–Crippen LogP) is 5.30. The van der Waals surface area contributed by atoms with Gasteiger partial charge in [-0.15, -0.1) is 4.91 Å². The molecule has 0 unspecified atom stereocenters. The molecule has 1 aliphatic carbocycles. The van der Waals surface area contributed by atoms with Crippen molar-refractivity contribution in [3.05, 3.63) is 94.5 Å². The number of ketones is 2. The van der Waals surface area contributed by atoms with Crippen LogP contribution >= 0.6 is 0 Å². The Hall–Kier alpha value is -4.46. The summed E-state index contributed by atoms with van der Waals surface area (Å²) < 4.78 is 0. The van der Waals surface area contributed by atoms with E-state index in [0.29, 0.717) is 11.2 Å². The van der Waals surface area contributed by atoms with E-state index in [9.17, 15) is 14.5 Å². The van der Waals surface area contributed by atoms with Gasteiger partial charge in [0, 0.05) is 33.6 Å². The molecular formula is C26H17FeN5O3. The molecule has 0 fully saturated rings. The molecule has 0 atom stereocenters. The van der Waals surface area contributed by atoms with Gasteiger partial charge in [-0.05, 0) is 96.2 Å². The molecular weight excluding hydrogens is 486 g/mol. The molecule has 3 aliphatic rings. The topological polar surface area (TPSA) is 121 Å². The zero-order chi connectivity index (χ0) is 23.5. The van der Waals surface area contributed by atoms with Gasteiger partial charge in [0.05, 0.1) is 28.3 Å². The van der Waals surface area contributed by atoms with Gasteiger partial charge in [0.15, 0.2) is 11.6 Å². The van der Waals surface area contributed by atoms with Crippen LogP contribution in [-0.4, -0.2) is 31.5 Å². The maximum Gasteiger partial charge on any atom is 0.178 e. The zero-order valence-electron chi connectivity index (χ0n) is 18.1. The monoisotopic (exact) mass is 503 g/mol. The number of aromatic amines is 2. The van der Waals surface area contributed by atoms with E-state index in [1.807, 2.05) is 60.7 Å². The summed E-state index contributed by atoms with van der Waals surface area (Å²) in [6, 6.07) is 13.4. The molecule has 0 spiro atoms. The normalized spacial score (nSPS) is 13.3. The fourth-order valence-corrected chi connectivity index (χ4v) is 3.52. The number of rotatable bonds is 1. The number of hydrogen-bond acceptors (Lipinski definition) is 6. The summed E-state index contributed by atoms with van der Waals surface area (Å²) in [7, 11) is 0. The van der Waals surface area contributed by atoms with E-state index in [4.69, 9.17) is 0 Å². The number of aromatic nitrogens is 4. The molecule has 8 nitrogen and oxygen atoms in total. The smallest absolute Gasteiger partial charge is 0.178 e. The van der Waals surface area contributed by atoms with Gasteiger partial charge < -0.3 is 9.97 Å². The van der Waals surface area contributed by atoms with Crippen molar-refractivity contribution in [2.75, 3.05) is 0 Å². The first-order chi connectivity index (χ1) is 16.5. The van der Waals surface area contributed by atoms with Gasteiger partial charge >= 0.3 is 0 Å². The van der Waals surface area contributed by atoms with Crippen molar-refractivity contribution in [2.45, 2.75) is 0 Å². The molecule has 3 aromatic heterocycles. The number of hydrogen-bond donors (Lipinski definition) is 2. The number of nitrogens with zero attached hydrogens (tertiary/aromatic N) is 3. The minimum absolute atomic E-state index is 0. The first kappa shape index (κ1) is 23.7. The maximum absolute atomic E-state index is 11.2. The first-order valence-corrected chi connectivity index (χ1v) is 10.4. The van der Waals surface area contributed by atoms with Crippen molar-refractivity contribution in [1.29, 1.82) is 0 Å². The van der Waals surface area contributed by atoms with Crippen molar-refractivity contribution in [3.63, 3.8) is 0 Å². The standard InChI is InChI=1S/C20H13N5O.C6H4O2.Fe/c26-25-20-11-18-9-16-4-3-14(22-16)7-12-1-2-13(21-12)8-15-5-6-17(23-15)10-19(20)24-18;7-5-1-2-6(8)4-3-5;/h1-11,21,24H;1-4H;. The molecule has 2 aliphatic heterocycles. The van der Waals surface area contributed by atoms with Crippen LogP contribution in [0.15, 0.2) is 71.9 Å². The van der Waals surface area contributed by atoms with Crippen LogP contribution in [0.2, 0.25) is 0 Å². The van der Waals surface area contributed by atoms with Crippen LogP contribution in [0.4, 0.5) is 5.69 Å². The number of H-pyrrole nitrogens is 2. The Morgan fingerprint density at radius 2 is 1.03 bits per heavy atom. The van der Waals surface area contributed by atoms with E-state index in [2.05, 4.69) is 25.1 Å². The Labute approximate surface area is 209 Å². The van der Waals surface area contributed by atoms with Gasteiger partial charge in [0.25, 0.3) is 0 Å². The van der Waals surface area contributed by atoms with Crippen molar-refractivity contribution in [3.8, 4) is 0 Å². The molecule has 6 rings (SSSR count). The van der Waals surface area contributed by atoms with E-state index < -0.39 is 0 Å². The number of carbonyl (C=O) groups excluding carboxylic acids is 2. The molecule has 5 heterocycles. The second-order valence-corrected chi connectivity index (χ2v) is 7.62. The summed E-state index contributed by atoms with van der Waals surface area (Å²) in [6.07, 6.45) is 12.7. The fourth-order valence-electron chi connectivity index (χ4n) is 3.52. The molecule has 2 N–H and O–H groups in total. The third-order valence-electron chi connectivity index (χ3n) is 5.07. The molecule has 0 aromatic carbocycles. The molecule has 8 bridgehead atoms. The number of nitroso groups, excluding NO2 is 1. The van der Waals surface area contributed by atoms with Crippen molar-refractivity contribution >= 4 is 63.6 Å². The van der Waals surface area contributed by atoms with Crippen molar-refractivity contribution in [1.82, 2.24) is 19.9 Å². The number of nitrogens with one attached hydrogen (secondary N) is 2. The van der Waals surface area contributed by atoms with Crippen molar-refractivity contribution < 1.29 is 26.7 Å². The number of fused-ring (bicyclic) bond motifs is 8. The summed E-state index contributed by atoms with van der Waals surface area (Å²) in [5.74, 6) is -0.241. The van der Waals surface area contributed by atoms with Crippen LogP contribution in [0.5, 0.6) is 0 Å². The van der Waals surface area contributed by atoms with Crippen LogP contribution in [0, 0.1) is 4.91 Å². The van der Waals surface area contributed by atoms with Gasteiger partial charge in [-0.2, -0.15) is 0 Å². The first-order valence-electron chi connectivity index (χ1n) is 10.4. The van der Waals surface area contributed by atoms with Crippen LogP contribution in [0.3, 0.4) is 0 Å². The Bertz CT molecular complexity index is 1580. The van der Waals surface area contributed by atoms with Crippen LogP contribution in [0.1, 0.15) is 22.8 Å². The molecule has 35 heavy (non-hydrogen) atoms. The fraction of sp³-hybridized carbons (Fsp3) is 0. The molecule has 9 heteroatoms. The summed E-state index contributed by atoms with van der Waals surface area (Å²) in [4.78, 5) is 47.4. The van der Waals surface area contributed by atoms with Gasteiger partial charge in [0.1, 0.15) is 5.69 Å². The van der Waals surface area contributed by atoms with Crippen molar-refractivity contribution in [2.24, 2.45) is 5.18 Å². The van der Waals surface area contributed by atoms with E-state index in [1.165, 1.54) is 24.3 Å². The Morgan fingerprint density at radius 1 is 0.571 bits per heavy atom. The van der Waals surface area contributed by atoms with Crippen LogP contribution in [-0.2, 0) is 26.7 Å². The third-order valence-corrected chi connectivity index (χ3v) is 5.07. The average molecular weight is 503 g/mol. The Kier molecular flexibility index (Phi) is 6.91. The van der Waals surface area contributed by atoms with Crippen LogP contribution < -0.4 is 0 Å². The molecule has 0 amide bonds. The second-order valence-electron chi connectivity index (χ2n) is 7.62. The maximum atomic E-state index is 11.2. The summed E-state index contributed by atoms with van der Waals surface area (Å²) >= 11 is 0. The second kappa shape index (κ2) is 10.2. The summed E-state index contributed by atoms with van der Waals surface area (Å²) in [5, 5.41) is 3.11. The molecule has 172 valence electrons. The third kappa shape index (κ3) is 5.73. The Balaban J connectivity index is 0.000000276. The number of carbonyl (C=O) groups is 2. The minimum atomic E-state index is -0.121. The minimum Gasteiger partial charge on any atom is -0.355 e. The Morgan fingerprint density at radius 3 is 1.51 bits per heavy atom. The van der Waals surface area contributed by atoms with E-state index in [0.717, 1.165) is 39.3 Å². The predicted molar refractivity (Wildman–Crippen MR) is 133 cm³/mol. The average Bonchev–Trinajstić information content (AvgIpc) is 3.61. The van der Waals surface area contributed by atoms with Crippen LogP contribution in [0.25, 0.3) is 46.4 Å². The van der Waals surface area contributed by atoms with Gasteiger partial charge in [-0.3, -0.25) is 9.59 Å². The molecule has 0 saturated heterocycles. The van der Waals surface area contributed by atoms with E-state index in [-0.39, 0.29) is 28.6 Å². The van der Waals surface area contributed by atoms with Gasteiger partial charge in [0.2, 0.25) is 0 Å². The van der Waals surface area contributed by atoms with E-state index >= 15 is 0 Å². The summed E-state index contributed by atoms with van der Waals surface area (Å²) in [6.45, 7) is 0. The number of allylic oxidation sites excluding steroid dienone is 4. The molecule has 0 saturated carbocycles. The molecule has 3 aromatic rings. The van der Waals surface area contributed by atoms with Gasteiger partial charge in [-0.1, -0.05) is 0 Å². The largest absolute Gasteiger partial charge is 0.355 e. The summed E-state index contributed by atoms with van der Waals surface area (Å²) in [5.41, 5.74) is 6.94. The SMILES string of the molecule is O=C1C=CC(=O)C=C1.O=Nc1cc2cc3nc(cc4ccc(cc5nc(cc1[nH]2)C=C5)[nH]4)C=C3.[Fe].